The fourth-order valence-corrected chi connectivity index (χ4v) is 4.15. The van der Waals surface area contributed by atoms with Crippen LogP contribution in [0.3, 0.4) is 0 Å². The summed E-state index contributed by atoms with van der Waals surface area (Å²) in [5.74, 6) is -0.455. The van der Waals surface area contributed by atoms with E-state index in [0.29, 0.717) is 24.5 Å². The van der Waals surface area contributed by atoms with Gasteiger partial charge in [-0.2, -0.15) is 0 Å². The van der Waals surface area contributed by atoms with Crippen LogP contribution in [0.4, 0.5) is 0 Å². The Bertz CT molecular complexity index is 1190. The van der Waals surface area contributed by atoms with Crippen molar-refractivity contribution in [1.82, 2.24) is 0 Å². The van der Waals surface area contributed by atoms with Gasteiger partial charge < -0.3 is 9.47 Å². The summed E-state index contributed by atoms with van der Waals surface area (Å²) in [6, 6.07) is 25.9. The maximum Gasteiger partial charge on any atom is 0.345 e. The van der Waals surface area contributed by atoms with Gasteiger partial charge in [0.25, 0.3) is 5.71 Å². The van der Waals surface area contributed by atoms with Crippen LogP contribution < -0.4 is 0 Å². The summed E-state index contributed by atoms with van der Waals surface area (Å²) in [4.78, 5) is 13.0. The van der Waals surface area contributed by atoms with Crippen molar-refractivity contribution in [2.45, 2.75) is 20.0 Å². The molecular weight excluding hydrogens is 414 g/mol. The van der Waals surface area contributed by atoms with Gasteiger partial charge in [-0.1, -0.05) is 72.8 Å². The topological polar surface area (TPSA) is 58.8 Å². The van der Waals surface area contributed by atoms with Crippen LogP contribution >= 0.6 is 0 Å². The number of esters is 1. The molecule has 0 unspecified atom stereocenters. The summed E-state index contributed by atoms with van der Waals surface area (Å²) in [5, 5.41) is 10.5. The highest BCUT2D eigenvalue weighted by molar-refractivity contribution is 6.35. The molecule has 0 saturated carbocycles. The summed E-state index contributed by atoms with van der Waals surface area (Å²) in [7, 11) is 1.52. The van der Waals surface area contributed by atoms with Crippen LogP contribution in [-0.2, 0) is 27.3 Å². The normalized spacial score (nSPS) is 14.2. The van der Waals surface area contributed by atoms with Crippen molar-refractivity contribution in [3.05, 3.63) is 112 Å². The van der Waals surface area contributed by atoms with Crippen LogP contribution in [-0.4, -0.2) is 41.9 Å². The lowest BCUT2D eigenvalue weighted by Gasteiger charge is -2.09. The molecule has 33 heavy (non-hydrogen) atoms. The number of rotatable bonds is 8. The Morgan fingerprint density at radius 2 is 1.61 bits per heavy atom. The van der Waals surface area contributed by atoms with Gasteiger partial charge in [-0.05, 0) is 46.4 Å². The Hall–Kier alpha value is -3.70. The van der Waals surface area contributed by atoms with Gasteiger partial charge in [-0.25, -0.2) is 4.79 Å². The minimum atomic E-state index is -0.455. The first-order valence-electron chi connectivity index (χ1n) is 11.1. The van der Waals surface area contributed by atoms with E-state index in [0.717, 1.165) is 39.0 Å². The zero-order valence-corrected chi connectivity index (χ0v) is 19.0. The maximum atomic E-state index is 13.0. The van der Waals surface area contributed by atoms with E-state index >= 15 is 0 Å². The van der Waals surface area contributed by atoms with E-state index in [2.05, 4.69) is 12.1 Å². The molecule has 168 valence electrons. The smallest absolute Gasteiger partial charge is 0.345 e. The van der Waals surface area contributed by atoms with Crippen LogP contribution in [0.15, 0.2) is 84.4 Å². The van der Waals surface area contributed by atoms with Gasteiger partial charge in [0.15, 0.2) is 7.05 Å². The van der Waals surface area contributed by atoms with Crippen molar-refractivity contribution in [1.29, 1.82) is 0 Å². The standard InChI is InChI=1S/C28H28NO4/c1-3-33-28(30)26-25(22-12-8-5-9-13-22)23-15-14-21(18-24(23)27(26)29(2)31)19-32-17-16-20-10-6-4-7-11-20/h4-15,18,31H,3,16-17,19H2,1-2H3/q+1. The van der Waals surface area contributed by atoms with Crippen molar-refractivity contribution in [3.63, 3.8) is 0 Å². The van der Waals surface area contributed by atoms with Crippen LogP contribution in [0.1, 0.15) is 34.7 Å². The number of ether oxygens (including phenoxy) is 2. The first kappa shape index (κ1) is 22.5. The monoisotopic (exact) mass is 442 g/mol. The third-order valence-corrected chi connectivity index (χ3v) is 5.61. The highest BCUT2D eigenvalue weighted by Crippen LogP contribution is 2.39. The second-order valence-corrected chi connectivity index (χ2v) is 7.88. The number of benzene rings is 3. The number of fused-ring (bicyclic) bond motifs is 1. The zero-order valence-electron chi connectivity index (χ0n) is 19.0. The Morgan fingerprint density at radius 3 is 2.27 bits per heavy atom. The van der Waals surface area contributed by atoms with E-state index in [9.17, 15) is 10.0 Å². The molecule has 0 fully saturated rings. The lowest BCUT2D eigenvalue weighted by Crippen LogP contribution is -2.22. The number of carbonyl (C=O) groups is 1. The molecule has 0 aromatic heterocycles. The van der Waals surface area contributed by atoms with E-state index in [1.165, 1.54) is 12.6 Å². The minimum Gasteiger partial charge on any atom is -0.462 e. The Balaban J connectivity index is 1.64. The van der Waals surface area contributed by atoms with Gasteiger partial charge in [0.2, 0.25) is 0 Å². The molecule has 0 saturated heterocycles. The largest absolute Gasteiger partial charge is 0.462 e. The van der Waals surface area contributed by atoms with Crippen molar-refractivity contribution in [2.24, 2.45) is 0 Å². The first-order chi connectivity index (χ1) is 16.1. The van der Waals surface area contributed by atoms with E-state index in [1.807, 2.05) is 66.7 Å². The van der Waals surface area contributed by atoms with E-state index in [1.54, 1.807) is 6.92 Å². The molecule has 1 aliphatic carbocycles. The Labute approximate surface area is 194 Å². The molecule has 0 amide bonds. The lowest BCUT2D eigenvalue weighted by molar-refractivity contribution is -0.753. The average Bonchev–Trinajstić information content (AvgIpc) is 3.18. The molecule has 0 radical (unpaired) electrons. The molecule has 4 rings (SSSR count). The van der Waals surface area contributed by atoms with Crippen molar-refractivity contribution in [3.8, 4) is 0 Å². The van der Waals surface area contributed by atoms with E-state index in [4.69, 9.17) is 9.47 Å². The third kappa shape index (κ3) is 4.89. The average molecular weight is 443 g/mol. The van der Waals surface area contributed by atoms with Gasteiger partial charge in [-0.3, -0.25) is 5.21 Å². The summed E-state index contributed by atoms with van der Waals surface area (Å²) in [6.07, 6.45) is 0.843. The van der Waals surface area contributed by atoms with Crippen LogP contribution in [0.25, 0.3) is 5.57 Å². The molecule has 0 aliphatic heterocycles. The summed E-state index contributed by atoms with van der Waals surface area (Å²) in [5.41, 5.74) is 6.33. The van der Waals surface area contributed by atoms with Gasteiger partial charge in [0, 0.05) is 5.57 Å². The summed E-state index contributed by atoms with van der Waals surface area (Å²) < 4.78 is 12.3. The van der Waals surface area contributed by atoms with E-state index < -0.39 is 5.97 Å². The summed E-state index contributed by atoms with van der Waals surface area (Å²) >= 11 is 0. The maximum absolute atomic E-state index is 13.0. The highest BCUT2D eigenvalue weighted by atomic mass is 16.5. The van der Waals surface area contributed by atoms with Crippen LogP contribution in [0.5, 0.6) is 0 Å². The molecule has 0 spiro atoms. The fraction of sp³-hybridized carbons (Fsp3) is 0.214. The van der Waals surface area contributed by atoms with Crippen LogP contribution in [0, 0.1) is 0 Å². The Kier molecular flexibility index (Phi) is 7.01. The molecule has 3 aromatic rings. The molecule has 5 nitrogen and oxygen atoms in total. The Morgan fingerprint density at radius 1 is 0.909 bits per heavy atom. The SMILES string of the molecule is CCOC(=O)C1=C(c2ccccc2)c2ccc(COCCc3ccccc3)cc2C1=[N+](C)O. The predicted octanol–water partition coefficient (Wildman–Crippen LogP) is 4.65. The molecule has 1 N–H and O–H groups in total. The minimum absolute atomic E-state index is 0.254. The van der Waals surface area contributed by atoms with Crippen molar-refractivity contribution < 1.29 is 24.2 Å². The number of nitrogens with zero attached hydrogens (tertiary/aromatic N) is 1. The molecule has 0 atom stereocenters. The van der Waals surface area contributed by atoms with Crippen molar-refractivity contribution in [2.75, 3.05) is 20.3 Å². The second kappa shape index (κ2) is 10.3. The van der Waals surface area contributed by atoms with Crippen molar-refractivity contribution >= 4 is 17.3 Å². The van der Waals surface area contributed by atoms with Gasteiger partial charge in [-0.15, -0.1) is 0 Å². The number of hydrogen-bond donors (Lipinski definition) is 1. The second-order valence-electron chi connectivity index (χ2n) is 7.88. The molecular formula is C28H28NO4+. The predicted molar refractivity (Wildman–Crippen MR) is 127 cm³/mol. The highest BCUT2D eigenvalue weighted by Gasteiger charge is 2.40. The summed E-state index contributed by atoms with van der Waals surface area (Å²) in [6.45, 7) is 3.08. The number of carbonyl (C=O) groups excluding carboxylic acids is 1. The quantitative estimate of drug-likeness (QED) is 0.181. The molecule has 5 heteroatoms. The van der Waals surface area contributed by atoms with E-state index in [-0.39, 0.29) is 6.61 Å². The number of hydrogen-bond acceptors (Lipinski definition) is 4. The molecule has 0 heterocycles. The fourth-order valence-electron chi connectivity index (χ4n) is 4.15. The lowest BCUT2D eigenvalue weighted by atomic mass is 9.97. The first-order valence-corrected chi connectivity index (χ1v) is 11.1. The van der Waals surface area contributed by atoms with Crippen LogP contribution in [0.2, 0.25) is 0 Å². The van der Waals surface area contributed by atoms with Gasteiger partial charge >= 0.3 is 5.97 Å². The molecule has 3 aromatic carbocycles. The molecule has 0 bridgehead atoms. The molecule has 1 aliphatic rings. The van der Waals surface area contributed by atoms with Gasteiger partial charge in [0.05, 0.1) is 25.4 Å². The zero-order chi connectivity index (χ0) is 23.2. The third-order valence-electron chi connectivity index (χ3n) is 5.61. The number of hydroxylamine groups is 1. The van der Waals surface area contributed by atoms with Gasteiger partial charge in [0.1, 0.15) is 5.57 Å².